The second kappa shape index (κ2) is 11.4. The Bertz CT molecular complexity index is 423. The number of hydrogen-bond donors (Lipinski definition) is 0. The van der Waals surface area contributed by atoms with Crippen molar-refractivity contribution in [2.45, 2.75) is 33.1 Å². The van der Waals surface area contributed by atoms with Crippen LogP contribution < -0.4 is 23.6 Å². The fourth-order valence-electron chi connectivity index (χ4n) is 1.53. The molecule has 1 aromatic rings. The first-order valence-corrected chi connectivity index (χ1v) is 7.16. The first-order valence-electron chi connectivity index (χ1n) is 5.91. The predicted octanol–water partition coefficient (Wildman–Crippen LogP) is 0.480. The van der Waals surface area contributed by atoms with Gasteiger partial charge in [0.25, 0.3) is 0 Å². The van der Waals surface area contributed by atoms with E-state index in [2.05, 4.69) is 6.92 Å². The number of benzene rings is 1. The van der Waals surface area contributed by atoms with Crippen molar-refractivity contribution in [1.82, 2.24) is 0 Å². The van der Waals surface area contributed by atoms with Gasteiger partial charge in [-0.1, -0.05) is 35.9 Å². The van der Waals surface area contributed by atoms with Crippen molar-refractivity contribution in [2.75, 3.05) is 12.4 Å². The van der Waals surface area contributed by atoms with E-state index < -0.39 is 10.7 Å². The zero-order valence-corrected chi connectivity index (χ0v) is 13.2. The first kappa shape index (κ1) is 20.9. The minimum absolute atomic E-state index is 0. The summed E-state index contributed by atoms with van der Waals surface area (Å²) in [5, 5.41) is 0. The number of rotatable bonds is 7. The second-order valence-corrected chi connectivity index (χ2v) is 5.06. The third-order valence-corrected chi connectivity index (χ3v) is 3.16. The third kappa shape index (κ3) is 8.36. The van der Waals surface area contributed by atoms with E-state index in [4.69, 9.17) is 4.74 Å². The molecule has 104 valence electrons. The molecule has 0 aliphatic rings. The molecule has 0 aliphatic carbocycles. The molecular formula is C14H22LiO3S-. The molecule has 0 amide bonds. The summed E-state index contributed by atoms with van der Waals surface area (Å²) in [6.07, 6.45) is 2.69. The van der Waals surface area contributed by atoms with Crippen molar-refractivity contribution in [3.8, 4) is 5.75 Å². The van der Waals surface area contributed by atoms with Crippen molar-refractivity contribution >= 4 is 10.7 Å². The molecule has 0 aliphatic heterocycles. The van der Waals surface area contributed by atoms with Crippen molar-refractivity contribution in [3.63, 3.8) is 0 Å². The van der Waals surface area contributed by atoms with Gasteiger partial charge >= 0.3 is 18.9 Å². The van der Waals surface area contributed by atoms with Gasteiger partial charge in [-0.3, -0.25) is 0 Å². The van der Waals surface area contributed by atoms with Gasteiger partial charge in [-0.15, -0.1) is 0 Å². The Hall–Kier alpha value is -0.433. The largest absolute Gasteiger partial charge is 1.00 e. The Morgan fingerprint density at radius 1 is 1.26 bits per heavy atom. The number of ether oxygens (including phenoxy) is 1. The van der Waals surface area contributed by atoms with Gasteiger partial charge in [0.1, 0.15) is 5.75 Å². The molecule has 0 radical (unpaired) electrons. The van der Waals surface area contributed by atoms with Crippen LogP contribution in [-0.2, 0) is 25.5 Å². The van der Waals surface area contributed by atoms with Crippen LogP contribution in [0.15, 0.2) is 18.2 Å². The Balaban J connectivity index is 0. The Morgan fingerprint density at radius 2 is 1.95 bits per heavy atom. The summed E-state index contributed by atoms with van der Waals surface area (Å²) in [4.78, 5) is 0. The summed E-state index contributed by atoms with van der Waals surface area (Å²) < 4.78 is 26.7. The maximum Gasteiger partial charge on any atom is 1.00 e. The smallest absolute Gasteiger partial charge is 0.494 e. The number of hydrogen-bond acceptors (Lipinski definition) is 4. The average Bonchev–Trinajstić information content (AvgIpc) is 2.29. The minimum atomic E-state index is -1.98. The number of aryl methyl sites for hydroxylation is 2. The molecule has 0 atom stereocenters. The molecule has 3 nitrogen and oxygen atoms in total. The monoisotopic (exact) mass is 277 g/mol. The van der Waals surface area contributed by atoms with E-state index in [1.165, 1.54) is 0 Å². The summed E-state index contributed by atoms with van der Waals surface area (Å²) in [6.45, 7) is 4.82. The SMILES string of the molecule is CCCCOc1ccc(C)c(CC[S-](=O)=O)c1.[CH3-].[Li+]. The fourth-order valence-corrected chi connectivity index (χ4v) is 1.92. The van der Waals surface area contributed by atoms with Gasteiger partial charge in [-0.2, -0.15) is 0 Å². The van der Waals surface area contributed by atoms with E-state index in [1.54, 1.807) is 0 Å². The molecule has 0 saturated carbocycles. The Morgan fingerprint density at radius 3 is 2.53 bits per heavy atom. The van der Waals surface area contributed by atoms with Gasteiger partial charge in [0.2, 0.25) is 0 Å². The van der Waals surface area contributed by atoms with Crippen LogP contribution in [0.4, 0.5) is 0 Å². The Labute approximate surface area is 130 Å². The summed E-state index contributed by atoms with van der Waals surface area (Å²) in [6, 6.07) is 5.85. The van der Waals surface area contributed by atoms with Crippen LogP contribution in [0.2, 0.25) is 0 Å². The molecule has 1 aromatic carbocycles. The molecule has 0 bridgehead atoms. The van der Waals surface area contributed by atoms with Crippen LogP contribution in [0.5, 0.6) is 5.75 Å². The summed E-state index contributed by atoms with van der Waals surface area (Å²) >= 11 is 0. The molecule has 0 spiro atoms. The van der Waals surface area contributed by atoms with Crippen LogP contribution in [0.1, 0.15) is 30.9 Å². The maximum absolute atomic E-state index is 10.5. The van der Waals surface area contributed by atoms with Gasteiger partial charge < -0.3 is 20.6 Å². The van der Waals surface area contributed by atoms with Gasteiger partial charge in [0.15, 0.2) is 0 Å². The third-order valence-electron chi connectivity index (χ3n) is 2.63. The van der Waals surface area contributed by atoms with E-state index >= 15 is 0 Å². The van der Waals surface area contributed by atoms with Gasteiger partial charge in [-0.25, -0.2) is 0 Å². The standard InChI is InChI=1S/C13H19O3S.CH3.Li/c1-3-4-8-16-13-6-5-11(2)12(10-13)7-9-17(14)15;;/h5-6,10H,3-4,7-9H2,1-2H3;1H3;/q2*-1;+1. The van der Waals surface area contributed by atoms with Crippen LogP contribution in [0.25, 0.3) is 0 Å². The molecule has 0 saturated heterocycles. The van der Waals surface area contributed by atoms with Crippen molar-refractivity contribution in [1.29, 1.82) is 0 Å². The van der Waals surface area contributed by atoms with E-state index in [-0.39, 0.29) is 32.0 Å². The van der Waals surface area contributed by atoms with Crippen molar-refractivity contribution in [2.24, 2.45) is 0 Å². The number of unbranched alkanes of at least 4 members (excludes halogenated alkanes) is 1. The molecule has 5 heteroatoms. The van der Waals surface area contributed by atoms with E-state index in [1.807, 2.05) is 25.1 Å². The molecule has 19 heavy (non-hydrogen) atoms. The van der Waals surface area contributed by atoms with Gasteiger partial charge in [0, 0.05) is 0 Å². The maximum atomic E-state index is 10.5. The zero-order chi connectivity index (χ0) is 12.7. The van der Waals surface area contributed by atoms with Crippen LogP contribution in [0.3, 0.4) is 0 Å². The van der Waals surface area contributed by atoms with E-state index in [0.29, 0.717) is 13.0 Å². The minimum Gasteiger partial charge on any atom is -0.494 e. The Kier molecular flexibility index (Phi) is 12.5. The molecule has 0 N–H and O–H groups in total. The molecule has 0 aromatic heterocycles. The van der Waals surface area contributed by atoms with E-state index in [0.717, 1.165) is 29.7 Å². The topological polar surface area (TPSA) is 43.4 Å². The van der Waals surface area contributed by atoms with Gasteiger partial charge in [0.05, 0.1) is 6.61 Å². The molecule has 1 rings (SSSR count). The fraction of sp³-hybridized carbons (Fsp3) is 0.500. The summed E-state index contributed by atoms with van der Waals surface area (Å²) in [7, 11) is -1.98. The molecular weight excluding hydrogens is 255 g/mol. The van der Waals surface area contributed by atoms with Crippen molar-refractivity contribution in [3.05, 3.63) is 36.8 Å². The van der Waals surface area contributed by atoms with E-state index in [9.17, 15) is 8.42 Å². The van der Waals surface area contributed by atoms with Gasteiger partial charge in [-0.05, 0) is 43.0 Å². The first-order chi connectivity index (χ1) is 8.13. The molecule has 0 unspecified atom stereocenters. The normalized spacial score (nSPS) is 9.63. The van der Waals surface area contributed by atoms with Crippen LogP contribution in [-0.4, -0.2) is 12.4 Å². The summed E-state index contributed by atoms with van der Waals surface area (Å²) in [5.74, 6) is 0.995. The zero-order valence-electron chi connectivity index (χ0n) is 12.4. The quantitative estimate of drug-likeness (QED) is 0.315. The van der Waals surface area contributed by atoms with Crippen LogP contribution >= 0.6 is 0 Å². The predicted molar refractivity (Wildman–Crippen MR) is 75.3 cm³/mol. The van der Waals surface area contributed by atoms with Crippen LogP contribution in [0, 0.1) is 14.4 Å². The summed E-state index contributed by atoms with van der Waals surface area (Å²) in [5.41, 5.74) is 2.15. The van der Waals surface area contributed by atoms with Crippen molar-refractivity contribution < 1.29 is 32.0 Å². The molecule has 0 heterocycles. The molecule has 0 fully saturated rings. The second-order valence-electron chi connectivity index (χ2n) is 4.05. The average molecular weight is 277 g/mol.